The lowest BCUT2D eigenvalue weighted by molar-refractivity contribution is 0.322. The lowest BCUT2D eigenvalue weighted by Gasteiger charge is -2.01. The molecular formula is C8H13N3OS. The highest BCUT2D eigenvalue weighted by atomic mass is 32.2. The average Bonchev–Trinajstić information content (AvgIpc) is 2.03. The van der Waals surface area contributed by atoms with Gasteiger partial charge in [0.2, 0.25) is 0 Å². The number of nitrogen functional groups attached to an aromatic ring is 1. The van der Waals surface area contributed by atoms with Crippen LogP contribution in [0.2, 0.25) is 0 Å². The van der Waals surface area contributed by atoms with Gasteiger partial charge in [-0.25, -0.2) is 9.97 Å². The number of aliphatic hydroxyl groups excluding tert-OH is 1. The maximum Gasteiger partial charge on any atom is 0.140 e. The fourth-order valence-electron chi connectivity index (χ4n) is 0.949. The number of aromatic nitrogens is 2. The second-order valence-corrected chi connectivity index (χ2v) is 3.73. The zero-order chi connectivity index (χ0) is 9.68. The van der Waals surface area contributed by atoms with Crippen molar-refractivity contribution in [1.82, 2.24) is 9.97 Å². The van der Waals surface area contributed by atoms with Crippen LogP contribution in [0.3, 0.4) is 0 Å². The van der Waals surface area contributed by atoms with Crippen LogP contribution in [0.25, 0.3) is 0 Å². The summed E-state index contributed by atoms with van der Waals surface area (Å²) in [5, 5.41) is 8.57. The number of nitrogens with two attached hydrogens (primary N) is 1. The van der Waals surface area contributed by atoms with E-state index in [1.807, 2.05) is 6.92 Å². The maximum atomic E-state index is 8.57. The minimum atomic E-state index is 0.186. The first-order valence-corrected chi connectivity index (χ1v) is 5.16. The Kier molecular flexibility index (Phi) is 3.98. The summed E-state index contributed by atoms with van der Waals surface area (Å²) in [5.74, 6) is 2.65. The minimum Gasteiger partial charge on any atom is -0.396 e. The summed E-state index contributed by atoms with van der Waals surface area (Å²) >= 11 is 1.59. The second-order valence-electron chi connectivity index (χ2n) is 2.63. The van der Waals surface area contributed by atoms with Gasteiger partial charge >= 0.3 is 0 Å². The molecule has 0 amide bonds. The number of hydrogen-bond donors (Lipinski definition) is 2. The topological polar surface area (TPSA) is 72.0 Å². The van der Waals surface area contributed by atoms with E-state index in [4.69, 9.17) is 10.8 Å². The number of thioether (sulfide) groups is 1. The van der Waals surface area contributed by atoms with Gasteiger partial charge in [0.1, 0.15) is 11.6 Å². The molecule has 0 bridgehead atoms. The molecule has 0 saturated carbocycles. The standard InChI is InChI=1S/C8H13N3OS/c1-6-4-7(9)11-8(10-6)5-13-3-2-12/h4,12H,2-3,5H2,1H3,(H2,9,10,11). The van der Waals surface area contributed by atoms with Gasteiger partial charge in [-0.2, -0.15) is 11.8 Å². The smallest absolute Gasteiger partial charge is 0.140 e. The van der Waals surface area contributed by atoms with Crippen LogP contribution in [0.4, 0.5) is 5.82 Å². The molecule has 0 aliphatic rings. The third-order valence-corrected chi connectivity index (χ3v) is 2.32. The van der Waals surface area contributed by atoms with Crippen molar-refractivity contribution >= 4 is 17.6 Å². The van der Waals surface area contributed by atoms with Crippen LogP contribution in [0.5, 0.6) is 0 Å². The Morgan fingerprint density at radius 3 is 2.92 bits per heavy atom. The van der Waals surface area contributed by atoms with Gasteiger partial charge < -0.3 is 10.8 Å². The molecule has 4 nitrogen and oxygen atoms in total. The van der Waals surface area contributed by atoms with E-state index in [0.717, 1.165) is 11.5 Å². The van der Waals surface area contributed by atoms with Gasteiger partial charge in [0.15, 0.2) is 0 Å². The fraction of sp³-hybridized carbons (Fsp3) is 0.500. The van der Waals surface area contributed by atoms with E-state index >= 15 is 0 Å². The molecule has 0 saturated heterocycles. The van der Waals surface area contributed by atoms with Crippen molar-refractivity contribution in [2.75, 3.05) is 18.1 Å². The molecule has 3 N–H and O–H groups in total. The van der Waals surface area contributed by atoms with Crippen molar-refractivity contribution in [3.05, 3.63) is 17.6 Å². The Hall–Kier alpha value is -0.810. The van der Waals surface area contributed by atoms with Crippen LogP contribution < -0.4 is 5.73 Å². The Bertz CT molecular complexity index is 260. The van der Waals surface area contributed by atoms with Gasteiger partial charge in [-0.15, -0.1) is 0 Å². The Labute approximate surface area is 81.6 Å². The predicted molar refractivity (Wildman–Crippen MR) is 54.4 cm³/mol. The highest BCUT2D eigenvalue weighted by molar-refractivity contribution is 7.98. The van der Waals surface area contributed by atoms with E-state index in [2.05, 4.69) is 9.97 Å². The van der Waals surface area contributed by atoms with Gasteiger partial charge in [0.25, 0.3) is 0 Å². The van der Waals surface area contributed by atoms with Crippen molar-refractivity contribution in [1.29, 1.82) is 0 Å². The summed E-state index contributed by atoms with van der Waals surface area (Å²) < 4.78 is 0. The summed E-state index contributed by atoms with van der Waals surface area (Å²) in [5.41, 5.74) is 6.44. The number of aliphatic hydroxyl groups is 1. The third-order valence-electron chi connectivity index (χ3n) is 1.39. The number of hydrogen-bond acceptors (Lipinski definition) is 5. The van der Waals surface area contributed by atoms with Crippen molar-refractivity contribution in [3.8, 4) is 0 Å². The molecule has 13 heavy (non-hydrogen) atoms. The summed E-state index contributed by atoms with van der Waals surface area (Å²) in [6, 6.07) is 1.74. The number of aryl methyl sites for hydroxylation is 1. The van der Waals surface area contributed by atoms with Gasteiger partial charge in [-0.05, 0) is 6.92 Å². The van der Waals surface area contributed by atoms with E-state index in [0.29, 0.717) is 17.3 Å². The predicted octanol–water partition coefficient (Wildman–Crippen LogP) is 0.593. The first kappa shape index (κ1) is 10.3. The highest BCUT2D eigenvalue weighted by Crippen LogP contribution is 2.09. The highest BCUT2D eigenvalue weighted by Gasteiger charge is 1.99. The largest absolute Gasteiger partial charge is 0.396 e. The summed E-state index contributed by atoms with van der Waals surface area (Å²) in [6.07, 6.45) is 0. The van der Waals surface area contributed by atoms with Crippen LogP contribution in [0.1, 0.15) is 11.5 Å². The van der Waals surface area contributed by atoms with Gasteiger partial charge in [0, 0.05) is 17.5 Å². The minimum absolute atomic E-state index is 0.186. The van der Waals surface area contributed by atoms with Crippen molar-refractivity contribution in [2.24, 2.45) is 0 Å². The van der Waals surface area contributed by atoms with Crippen LogP contribution in [-0.4, -0.2) is 27.4 Å². The first-order valence-electron chi connectivity index (χ1n) is 4.01. The van der Waals surface area contributed by atoms with Gasteiger partial charge in [-0.1, -0.05) is 0 Å². The van der Waals surface area contributed by atoms with E-state index in [-0.39, 0.29) is 6.61 Å². The van der Waals surface area contributed by atoms with E-state index in [1.54, 1.807) is 17.8 Å². The quantitative estimate of drug-likeness (QED) is 0.694. The molecule has 1 aromatic rings. The normalized spacial score (nSPS) is 10.3. The number of rotatable bonds is 4. The molecule has 72 valence electrons. The molecule has 0 atom stereocenters. The van der Waals surface area contributed by atoms with E-state index in [1.165, 1.54) is 0 Å². The van der Waals surface area contributed by atoms with Crippen molar-refractivity contribution < 1.29 is 5.11 Å². The van der Waals surface area contributed by atoms with Crippen molar-refractivity contribution in [2.45, 2.75) is 12.7 Å². The molecule has 1 aromatic heterocycles. The molecule has 1 rings (SSSR count). The second kappa shape index (κ2) is 5.04. The van der Waals surface area contributed by atoms with Crippen molar-refractivity contribution in [3.63, 3.8) is 0 Å². The fourth-order valence-corrected chi connectivity index (χ4v) is 1.53. The number of nitrogens with zero attached hydrogens (tertiary/aromatic N) is 2. The molecule has 0 aliphatic heterocycles. The van der Waals surface area contributed by atoms with Gasteiger partial charge in [0.05, 0.1) is 12.4 Å². The lowest BCUT2D eigenvalue weighted by Crippen LogP contribution is -2.00. The van der Waals surface area contributed by atoms with E-state index in [9.17, 15) is 0 Å². The molecule has 0 aliphatic carbocycles. The number of anilines is 1. The molecule has 0 unspecified atom stereocenters. The van der Waals surface area contributed by atoms with Crippen LogP contribution in [0.15, 0.2) is 6.07 Å². The van der Waals surface area contributed by atoms with E-state index < -0.39 is 0 Å². The zero-order valence-corrected chi connectivity index (χ0v) is 8.34. The monoisotopic (exact) mass is 199 g/mol. The zero-order valence-electron chi connectivity index (χ0n) is 7.53. The molecule has 5 heteroatoms. The molecule has 0 radical (unpaired) electrons. The average molecular weight is 199 g/mol. The SMILES string of the molecule is Cc1cc(N)nc(CSCCO)n1. The summed E-state index contributed by atoms with van der Waals surface area (Å²) in [7, 11) is 0. The third kappa shape index (κ3) is 3.61. The maximum absolute atomic E-state index is 8.57. The Balaban J connectivity index is 2.56. The molecule has 0 fully saturated rings. The molecular weight excluding hydrogens is 186 g/mol. The van der Waals surface area contributed by atoms with Crippen LogP contribution >= 0.6 is 11.8 Å². The first-order chi connectivity index (χ1) is 6.22. The summed E-state index contributed by atoms with van der Waals surface area (Å²) in [4.78, 5) is 8.28. The van der Waals surface area contributed by atoms with Crippen LogP contribution in [-0.2, 0) is 5.75 Å². The Morgan fingerprint density at radius 1 is 1.54 bits per heavy atom. The van der Waals surface area contributed by atoms with Crippen LogP contribution in [0, 0.1) is 6.92 Å². The van der Waals surface area contributed by atoms with Gasteiger partial charge in [-0.3, -0.25) is 0 Å². The molecule has 1 heterocycles. The summed E-state index contributed by atoms with van der Waals surface area (Å²) in [6.45, 7) is 2.07. The Morgan fingerprint density at radius 2 is 2.31 bits per heavy atom. The molecule has 0 aromatic carbocycles. The molecule has 0 spiro atoms. The lowest BCUT2D eigenvalue weighted by atomic mass is 10.4.